The lowest BCUT2D eigenvalue weighted by molar-refractivity contribution is 0.0697. The number of fused-ring (bicyclic) bond motifs is 1. The molecule has 0 aliphatic carbocycles. The summed E-state index contributed by atoms with van der Waals surface area (Å²) in [6.07, 6.45) is 2.41. The number of para-hydroxylation sites is 1. The van der Waals surface area contributed by atoms with Crippen LogP contribution in [0.25, 0.3) is 10.9 Å². The van der Waals surface area contributed by atoms with Crippen LogP contribution < -0.4 is 5.32 Å². The molecule has 7 heteroatoms. The first-order valence-electron chi connectivity index (χ1n) is 5.91. The Morgan fingerprint density at radius 3 is 2.70 bits per heavy atom. The van der Waals surface area contributed by atoms with Gasteiger partial charge < -0.3 is 10.4 Å². The summed E-state index contributed by atoms with van der Waals surface area (Å²) in [7, 11) is -3.11. The molecular formula is C13H14N2O4S. The third-order valence-electron chi connectivity index (χ3n) is 2.78. The molecule has 1 aromatic carbocycles. The van der Waals surface area contributed by atoms with Gasteiger partial charge >= 0.3 is 5.97 Å². The van der Waals surface area contributed by atoms with Gasteiger partial charge in [0.2, 0.25) is 0 Å². The van der Waals surface area contributed by atoms with Crippen molar-refractivity contribution in [2.24, 2.45) is 0 Å². The van der Waals surface area contributed by atoms with Crippen LogP contribution in [0.1, 0.15) is 10.4 Å². The van der Waals surface area contributed by atoms with E-state index in [-0.39, 0.29) is 17.9 Å². The highest BCUT2D eigenvalue weighted by atomic mass is 32.2. The lowest BCUT2D eigenvalue weighted by Gasteiger charge is -2.12. The molecule has 2 rings (SSSR count). The summed E-state index contributed by atoms with van der Waals surface area (Å²) in [6.45, 7) is 0.146. The molecule has 0 saturated heterocycles. The van der Waals surface area contributed by atoms with Gasteiger partial charge in [-0.05, 0) is 6.07 Å². The number of nitrogens with one attached hydrogen (secondary N) is 1. The molecule has 0 bridgehead atoms. The molecular weight excluding hydrogens is 280 g/mol. The Kier molecular flexibility index (Phi) is 3.89. The molecule has 0 atom stereocenters. The van der Waals surface area contributed by atoms with Gasteiger partial charge in [0.05, 0.1) is 17.0 Å². The van der Waals surface area contributed by atoms with Crippen molar-refractivity contribution >= 4 is 32.4 Å². The van der Waals surface area contributed by atoms with E-state index < -0.39 is 15.8 Å². The van der Waals surface area contributed by atoms with E-state index in [1.165, 1.54) is 6.20 Å². The summed E-state index contributed by atoms with van der Waals surface area (Å²) < 4.78 is 22.3. The first-order chi connectivity index (χ1) is 9.38. The number of aromatic carboxylic acids is 1. The smallest absolute Gasteiger partial charge is 0.339 e. The number of rotatable bonds is 5. The fourth-order valence-corrected chi connectivity index (χ4v) is 2.33. The van der Waals surface area contributed by atoms with E-state index in [1.54, 1.807) is 24.3 Å². The van der Waals surface area contributed by atoms with Crippen molar-refractivity contribution in [1.82, 2.24) is 4.98 Å². The summed E-state index contributed by atoms with van der Waals surface area (Å²) in [5, 5.41) is 12.7. The first kappa shape index (κ1) is 14.3. The number of nitrogens with zero attached hydrogens (tertiary/aromatic N) is 1. The zero-order valence-electron chi connectivity index (χ0n) is 10.8. The zero-order valence-corrected chi connectivity index (χ0v) is 11.6. The SMILES string of the molecule is CS(=O)(=O)CCNc1c(C(=O)O)cnc2ccccc12. The van der Waals surface area contributed by atoms with E-state index in [9.17, 15) is 18.3 Å². The van der Waals surface area contributed by atoms with Crippen LogP contribution in [0.3, 0.4) is 0 Å². The Morgan fingerprint density at radius 1 is 1.35 bits per heavy atom. The minimum atomic E-state index is -3.11. The lowest BCUT2D eigenvalue weighted by Crippen LogP contribution is -2.16. The van der Waals surface area contributed by atoms with Crippen LogP contribution >= 0.6 is 0 Å². The molecule has 1 heterocycles. The molecule has 0 fully saturated rings. The second-order valence-corrected chi connectivity index (χ2v) is 6.69. The number of hydrogen-bond acceptors (Lipinski definition) is 5. The fourth-order valence-electron chi connectivity index (χ4n) is 1.86. The highest BCUT2D eigenvalue weighted by Gasteiger charge is 2.14. The van der Waals surface area contributed by atoms with Gasteiger partial charge in [-0.3, -0.25) is 4.98 Å². The zero-order chi connectivity index (χ0) is 14.8. The van der Waals surface area contributed by atoms with Gasteiger partial charge in [0.25, 0.3) is 0 Å². The molecule has 0 aliphatic rings. The largest absolute Gasteiger partial charge is 0.478 e. The topological polar surface area (TPSA) is 96.4 Å². The minimum absolute atomic E-state index is 0.0252. The van der Waals surface area contributed by atoms with Crippen LogP contribution in [-0.4, -0.2) is 43.0 Å². The summed E-state index contributed by atoms with van der Waals surface area (Å²) in [4.78, 5) is 15.3. The lowest BCUT2D eigenvalue weighted by atomic mass is 10.1. The van der Waals surface area contributed by atoms with Crippen LogP contribution in [0, 0.1) is 0 Å². The number of benzene rings is 1. The number of sulfone groups is 1. The maximum absolute atomic E-state index is 11.2. The predicted octanol–water partition coefficient (Wildman–Crippen LogP) is 1.39. The van der Waals surface area contributed by atoms with E-state index in [1.807, 2.05) is 0 Å². The Morgan fingerprint density at radius 2 is 2.05 bits per heavy atom. The molecule has 2 aromatic rings. The van der Waals surface area contributed by atoms with Crippen molar-refractivity contribution in [1.29, 1.82) is 0 Å². The molecule has 0 aliphatic heterocycles. The fraction of sp³-hybridized carbons (Fsp3) is 0.231. The van der Waals surface area contributed by atoms with E-state index in [4.69, 9.17) is 0 Å². The Hall–Kier alpha value is -2.15. The molecule has 0 radical (unpaired) electrons. The quantitative estimate of drug-likeness (QED) is 0.865. The summed E-state index contributed by atoms with van der Waals surface area (Å²) in [5.74, 6) is -1.17. The van der Waals surface area contributed by atoms with Crippen LogP contribution in [0.2, 0.25) is 0 Å². The average molecular weight is 294 g/mol. The van der Waals surface area contributed by atoms with Crippen molar-refractivity contribution in [3.05, 3.63) is 36.0 Å². The molecule has 0 spiro atoms. The van der Waals surface area contributed by atoms with E-state index in [0.717, 1.165) is 6.26 Å². The number of pyridine rings is 1. The van der Waals surface area contributed by atoms with Crippen LogP contribution in [0.4, 0.5) is 5.69 Å². The number of carbonyl (C=O) groups is 1. The van der Waals surface area contributed by atoms with Crippen LogP contribution in [0.5, 0.6) is 0 Å². The van der Waals surface area contributed by atoms with E-state index in [0.29, 0.717) is 16.6 Å². The number of carboxylic acid groups (broad SMARTS) is 1. The Labute approximate surface area is 116 Å². The van der Waals surface area contributed by atoms with Crippen LogP contribution in [-0.2, 0) is 9.84 Å². The maximum atomic E-state index is 11.2. The average Bonchev–Trinajstić information content (AvgIpc) is 2.37. The van der Waals surface area contributed by atoms with Gasteiger partial charge in [-0.2, -0.15) is 0 Å². The van der Waals surface area contributed by atoms with Crippen molar-refractivity contribution < 1.29 is 18.3 Å². The molecule has 6 nitrogen and oxygen atoms in total. The summed E-state index contributed by atoms with van der Waals surface area (Å²) in [5.41, 5.74) is 1.07. The number of anilines is 1. The Balaban J connectivity index is 2.42. The van der Waals surface area contributed by atoms with Gasteiger partial charge in [-0.1, -0.05) is 18.2 Å². The van der Waals surface area contributed by atoms with E-state index in [2.05, 4.69) is 10.3 Å². The predicted molar refractivity (Wildman–Crippen MR) is 76.9 cm³/mol. The normalized spacial score (nSPS) is 11.4. The summed E-state index contributed by atoms with van der Waals surface area (Å²) in [6, 6.07) is 7.09. The molecule has 0 saturated carbocycles. The van der Waals surface area contributed by atoms with Gasteiger partial charge in [-0.15, -0.1) is 0 Å². The monoisotopic (exact) mass is 294 g/mol. The van der Waals surface area contributed by atoms with Crippen molar-refractivity contribution in [3.8, 4) is 0 Å². The van der Waals surface area contributed by atoms with Crippen molar-refractivity contribution in [2.75, 3.05) is 23.9 Å². The Bertz CT molecular complexity index is 756. The minimum Gasteiger partial charge on any atom is -0.478 e. The highest BCUT2D eigenvalue weighted by molar-refractivity contribution is 7.90. The first-order valence-corrected chi connectivity index (χ1v) is 7.97. The summed E-state index contributed by atoms with van der Waals surface area (Å²) >= 11 is 0. The van der Waals surface area contributed by atoms with Crippen molar-refractivity contribution in [3.63, 3.8) is 0 Å². The second kappa shape index (κ2) is 5.46. The highest BCUT2D eigenvalue weighted by Crippen LogP contribution is 2.25. The van der Waals surface area contributed by atoms with Gasteiger partial charge in [0.15, 0.2) is 0 Å². The molecule has 1 aromatic heterocycles. The molecule has 20 heavy (non-hydrogen) atoms. The molecule has 2 N–H and O–H groups in total. The van der Waals surface area contributed by atoms with Gasteiger partial charge in [0, 0.05) is 24.4 Å². The standard InChI is InChI=1S/C13H14N2O4S/c1-20(18,19)7-6-14-12-9-4-2-3-5-11(9)15-8-10(12)13(16)17/h2-5,8H,6-7H2,1H3,(H,14,15)(H,16,17). The number of hydrogen-bond donors (Lipinski definition) is 2. The molecule has 0 amide bonds. The number of carboxylic acids is 1. The van der Waals surface area contributed by atoms with E-state index >= 15 is 0 Å². The number of aromatic nitrogens is 1. The van der Waals surface area contributed by atoms with Gasteiger partial charge in [-0.25, -0.2) is 13.2 Å². The van der Waals surface area contributed by atoms with Gasteiger partial charge in [0.1, 0.15) is 15.4 Å². The van der Waals surface area contributed by atoms with Crippen LogP contribution in [0.15, 0.2) is 30.5 Å². The third kappa shape index (κ3) is 3.24. The second-order valence-electron chi connectivity index (χ2n) is 4.43. The molecule has 0 unspecified atom stereocenters. The van der Waals surface area contributed by atoms with Crippen molar-refractivity contribution in [2.45, 2.75) is 0 Å². The third-order valence-corrected chi connectivity index (χ3v) is 3.73. The molecule has 106 valence electrons. The maximum Gasteiger partial charge on any atom is 0.339 e.